The van der Waals surface area contributed by atoms with E-state index >= 15 is 0 Å². The summed E-state index contributed by atoms with van der Waals surface area (Å²) in [5.74, 6) is -0.264. The molecule has 492 valence electrons. The second-order valence-corrected chi connectivity index (χ2v) is 23.4. The molecule has 4 amide bonds. The van der Waals surface area contributed by atoms with Gasteiger partial charge in [0.2, 0.25) is 11.8 Å². The fraction of sp³-hybridized carbons (Fsp3) is 0.270. The zero-order valence-electron chi connectivity index (χ0n) is 53.5. The minimum absolute atomic E-state index is 0.0290. The van der Waals surface area contributed by atoms with Crippen LogP contribution in [0, 0.1) is 0 Å². The van der Waals surface area contributed by atoms with Crippen molar-refractivity contribution < 1.29 is 38.1 Å². The fourth-order valence-corrected chi connectivity index (χ4v) is 12.0. The van der Waals surface area contributed by atoms with Crippen LogP contribution in [-0.4, -0.2) is 129 Å². The Bertz CT molecular complexity index is 3970. The number of hydrogen-bond donors (Lipinski definition) is 6. The SMILES string of the molecule is COC(=O)N[C@H](C(=O)Nc1ccccc1CC[C@@H]1CN[C@H](c2nnn(Cc3ccccc3)n2)CO1)C(c1ccccc1)c1ccccc1.COC(=O)N[C@H](C(=O)Nc1ccccc1CC[C@@H]1CN[C@H](c2nnnn2Cc2ccccc2)CO1)C(c1ccccc1)c1ccccc1. The van der Waals surface area contributed by atoms with Gasteiger partial charge in [-0.15, -0.1) is 15.3 Å². The highest BCUT2D eigenvalue weighted by Gasteiger charge is 2.36. The number of carbonyl (C=O) groups is 4. The lowest BCUT2D eigenvalue weighted by Gasteiger charge is -2.30. The Labute approximate surface area is 557 Å². The smallest absolute Gasteiger partial charge is 0.407 e. The van der Waals surface area contributed by atoms with E-state index in [1.54, 1.807) is 9.48 Å². The van der Waals surface area contributed by atoms with Crippen molar-refractivity contribution in [3.63, 3.8) is 0 Å². The van der Waals surface area contributed by atoms with Crippen LogP contribution in [0.1, 0.15) is 92.9 Å². The Morgan fingerprint density at radius 2 is 0.885 bits per heavy atom. The van der Waals surface area contributed by atoms with Crippen LogP contribution in [0.25, 0.3) is 0 Å². The molecule has 4 heterocycles. The lowest BCUT2D eigenvalue weighted by Crippen LogP contribution is -2.48. The van der Waals surface area contributed by atoms with Crippen LogP contribution in [0.2, 0.25) is 0 Å². The number of aromatic nitrogens is 8. The van der Waals surface area contributed by atoms with Gasteiger partial charge in [-0.2, -0.15) is 4.80 Å². The highest BCUT2D eigenvalue weighted by molar-refractivity contribution is 5.99. The highest BCUT2D eigenvalue weighted by atomic mass is 16.5. The summed E-state index contributed by atoms with van der Waals surface area (Å²) in [5, 5.41) is 44.2. The van der Waals surface area contributed by atoms with Gasteiger partial charge in [-0.25, -0.2) is 14.3 Å². The molecule has 6 N–H and O–H groups in total. The van der Waals surface area contributed by atoms with E-state index in [0.717, 1.165) is 63.2 Å². The first kappa shape index (κ1) is 66.7. The number of tetrazole rings is 2. The number of benzene rings is 8. The molecule has 0 spiro atoms. The van der Waals surface area contributed by atoms with Gasteiger partial charge in [0.1, 0.15) is 12.1 Å². The first-order chi connectivity index (χ1) is 47.2. The third-order valence-corrected chi connectivity index (χ3v) is 17.0. The lowest BCUT2D eigenvalue weighted by atomic mass is 9.84. The second-order valence-electron chi connectivity index (χ2n) is 23.4. The minimum atomic E-state index is -0.948. The van der Waals surface area contributed by atoms with E-state index in [0.29, 0.717) is 69.4 Å². The number of hydrogen-bond acceptors (Lipinski definition) is 16. The monoisotopic (exact) mass is 1290 g/mol. The molecular formula is C74H78N14O8. The number of anilines is 2. The third-order valence-electron chi connectivity index (χ3n) is 17.0. The molecule has 2 saturated heterocycles. The van der Waals surface area contributed by atoms with E-state index in [1.807, 2.05) is 231 Å². The van der Waals surface area contributed by atoms with Gasteiger partial charge in [0.25, 0.3) is 0 Å². The maximum Gasteiger partial charge on any atom is 0.407 e. The Hall–Kier alpha value is -10.8. The average molecular weight is 1290 g/mol. The largest absolute Gasteiger partial charge is 0.453 e. The third kappa shape index (κ3) is 18.1. The zero-order valence-corrected chi connectivity index (χ0v) is 53.5. The number of morpholine rings is 2. The number of amides is 4. The van der Waals surface area contributed by atoms with E-state index in [9.17, 15) is 19.2 Å². The first-order valence-corrected chi connectivity index (χ1v) is 32.1. The number of rotatable bonds is 24. The zero-order chi connectivity index (χ0) is 66.3. The maximum absolute atomic E-state index is 14.1. The number of aryl methyl sites for hydroxylation is 2. The summed E-state index contributed by atoms with van der Waals surface area (Å²) in [6.07, 6.45) is 1.40. The number of carbonyl (C=O) groups excluding carboxylic acids is 4. The number of ether oxygens (including phenoxy) is 4. The molecule has 10 aromatic rings. The molecule has 0 unspecified atom stereocenters. The summed E-state index contributed by atoms with van der Waals surface area (Å²) in [6, 6.07) is 72.1. The highest BCUT2D eigenvalue weighted by Crippen LogP contribution is 2.33. The number of nitrogens with one attached hydrogen (secondary N) is 6. The van der Waals surface area contributed by atoms with Gasteiger partial charge in [-0.1, -0.05) is 218 Å². The standard InChI is InChI=1S/2C37H39N7O4/c1-47-37(46)40-34(33(28-16-7-3-8-17-28)29-18-9-4-10-19-29)36(45)39-31-20-12-11-15-27(31)21-22-30-23-38-32(25-48-30)35-41-42-43-44(35)24-26-13-5-2-6-14-26;1-47-37(46)40-34(33(28-16-7-3-8-17-28)29-18-9-4-10-19-29)36(45)39-31-20-12-11-15-27(31)21-22-30-23-38-32(25-48-30)35-41-43-44(42-35)24-26-13-5-2-6-14-26/h2*2-20,30,32-34,38H,21-25H2,1H3,(H,39,45)(H,40,46)/t2*30-,32+,34+/m11/s1. The van der Waals surface area contributed by atoms with Crippen molar-refractivity contribution in [2.45, 2.75) is 87.0 Å². The van der Waals surface area contributed by atoms with Gasteiger partial charge in [0, 0.05) is 36.3 Å². The van der Waals surface area contributed by atoms with Crippen molar-refractivity contribution >= 4 is 35.4 Å². The fourth-order valence-electron chi connectivity index (χ4n) is 12.0. The predicted octanol–water partition coefficient (Wildman–Crippen LogP) is 9.76. The Morgan fingerprint density at radius 3 is 1.30 bits per heavy atom. The average Bonchev–Trinajstić information content (AvgIpc) is 1.04. The van der Waals surface area contributed by atoms with Gasteiger partial charge in [0.05, 0.1) is 64.8 Å². The van der Waals surface area contributed by atoms with E-state index in [-0.39, 0.29) is 36.1 Å². The summed E-state index contributed by atoms with van der Waals surface area (Å²) in [7, 11) is 2.58. The quantitative estimate of drug-likeness (QED) is 0.0329. The minimum Gasteiger partial charge on any atom is -0.453 e. The molecule has 0 aliphatic carbocycles. The van der Waals surface area contributed by atoms with Crippen LogP contribution >= 0.6 is 0 Å². The van der Waals surface area contributed by atoms with Crippen molar-refractivity contribution in [1.82, 2.24) is 61.7 Å². The van der Waals surface area contributed by atoms with Gasteiger partial charge >= 0.3 is 12.2 Å². The van der Waals surface area contributed by atoms with E-state index in [2.05, 4.69) is 62.8 Å². The molecule has 2 aliphatic heterocycles. The second kappa shape index (κ2) is 33.9. The normalized spacial score (nSPS) is 16.6. The molecular weight excluding hydrogens is 1210 g/mol. The maximum atomic E-state index is 14.1. The van der Waals surface area contributed by atoms with E-state index < -0.39 is 36.1 Å². The first-order valence-electron chi connectivity index (χ1n) is 32.1. The summed E-state index contributed by atoms with van der Waals surface area (Å²) in [5.41, 5.74) is 9.09. The molecule has 12 rings (SSSR count). The molecule has 22 nitrogen and oxygen atoms in total. The van der Waals surface area contributed by atoms with Crippen molar-refractivity contribution in [2.75, 3.05) is 51.2 Å². The molecule has 0 radical (unpaired) electrons. The Balaban J connectivity index is 0.000000195. The predicted molar refractivity (Wildman–Crippen MR) is 363 cm³/mol. The molecule has 2 aliphatic rings. The van der Waals surface area contributed by atoms with Crippen molar-refractivity contribution in [1.29, 1.82) is 0 Å². The van der Waals surface area contributed by atoms with Gasteiger partial charge in [0.15, 0.2) is 11.6 Å². The van der Waals surface area contributed by atoms with Crippen LogP contribution in [0.4, 0.5) is 21.0 Å². The Kier molecular flexibility index (Phi) is 23.5. The molecule has 2 aromatic heterocycles. The van der Waals surface area contributed by atoms with Crippen LogP contribution < -0.4 is 31.9 Å². The molecule has 2 fully saturated rings. The van der Waals surface area contributed by atoms with Crippen molar-refractivity contribution in [3.8, 4) is 0 Å². The number of methoxy groups -OCH3 is 2. The molecule has 6 atom stereocenters. The number of alkyl carbamates (subject to hydrolysis) is 2. The topological polar surface area (TPSA) is 265 Å². The number of para-hydroxylation sites is 2. The summed E-state index contributed by atoms with van der Waals surface area (Å²) in [6.45, 7) is 3.28. The summed E-state index contributed by atoms with van der Waals surface area (Å²) >= 11 is 0. The molecule has 96 heavy (non-hydrogen) atoms. The van der Waals surface area contributed by atoms with E-state index in [1.165, 1.54) is 14.2 Å². The van der Waals surface area contributed by atoms with Crippen molar-refractivity contribution in [2.24, 2.45) is 0 Å². The lowest BCUT2D eigenvalue weighted by molar-refractivity contribution is -0.119. The van der Waals surface area contributed by atoms with Gasteiger partial charge < -0.3 is 50.8 Å². The molecule has 0 bridgehead atoms. The molecule has 0 saturated carbocycles. The van der Waals surface area contributed by atoms with Crippen LogP contribution in [0.5, 0.6) is 0 Å². The Morgan fingerprint density at radius 1 is 0.490 bits per heavy atom. The molecule has 22 heteroatoms. The van der Waals surface area contributed by atoms with Crippen LogP contribution in [0.3, 0.4) is 0 Å². The summed E-state index contributed by atoms with van der Waals surface area (Å²) < 4.78 is 24.1. The molecule has 8 aromatic carbocycles. The van der Waals surface area contributed by atoms with Gasteiger partial charge in [-0.05, 0) is 98.0 Å². The number of nitrogens with zero attached hydrogens (tertiary/aromatic N) is 8. The van der Waals surface area contributed by atoms with E-state index in [4.69, 9.17) is 18.9 Å². The van der Waals surface area contributed by atoms with Crippen LogP contribution in [0.15, 0.2) is 231 Å². The van der Waals surface area contributed by atoms with Crippen molar-refractivity contribution in [3.05, 3.63) is 287 Å². The van der Waals surface area contributed by atoms with Crippen LogP contribution in [-0.2, 0) is 54.5 Å². The van der Waals surface area contributed by atoms with Gasteiger partial charge in [-0.3, -0.25) is 9.59 Å². The summed E-state index contributed by atoms with van der Waals surface area (Å²) in [4.78, 5) is 54.8.